The van der Waals surface area contributed by atoms with Crippen LogP contribution in [0.25, 0.3) is 0 Å². The predicted molar refractivity (Wildman–Crippen MR) is 102 cm³/mol. The quantitative estimate of drug-likeness (QED) is 0.861. The number of amides is 1. The SMILES string of the molecule is CC(NC(=O)[C@@H]1CC[C@H](CN)O1)(c1ccccc1)c1ccccc1.Cl. The number of benzene rings is 2. The largest absolute Gasteiger partial charge is 0.364 e. The molecular weight excluding hydrogens is 336 g/mol. The van der Waals surface area contributed by atoms with Crippen molar-refractivity contribution in [1.29, 1.82) is 0 Å². The Morgan fingerprint density at radius 3 is 2.04 bits per heavy atom. The molecule has 1 aliphatic heterocycles. The van der Waals surface area contributed by atoms with Crippen molar-refractivity contribution in [2.45, 2.75) is 37.5 Å². The normalized spacial score (nSPS) is 19.9. The maximum Gasteiger partial charge on any atom is 0.250 e. The highest BCUT2D eigenvalue weighted by Gasteiger charge is 2.36. The highest BCUT2D eigenvalue weighted by atomic mass is 35.5. The number of rotatable bonds is 5. The summed E-state index contributed by atoms with van der Waals surface area (Å²) >= 11 is 0. The van der Waals surface area contributed by atoms with Gasteiger partial charge in [0.1, 0.15) is 6.10 Å². The van der Waals surface area contributed by atoms with Crippen molar-refractivity contribution < 1.29 is 9.53 Å². The van der Waals surface area contributed by atoms with Crippen LogP contribution in [0.2, 0.25) is 0 Å². The first-order valence-corrected chi connectivity index (χ1v) is 8.42. The Morgan fingerprint density at radius 1 is 1.08 bits per heavy atom. The first-order valence-electron chi connectivity index (χ1n) is 8.42. The fourth-order valence-corrected chi connectivity index (χ4v) is 3.25. The van der Waals surface area contributed by atoms with Crippen molar-refractivity contribution >= 4 is 18.3 Å². The highest BCUT2D eigenvalue weighted by molar-refractivity contribution is 5.85. The number of nitrogens with two attached hydrogens (primary N) is 1. The van der Waals surface area contributed by atoms with Crippen molar-refractivity contribution in [3.05, 3.63) is 71.8 Å². The monoisotopic (exact) mass is 360 g/mol. The molecule has 2 aromatic carbocycles. The molecule has 2 aromatic rings. The Bertz CT molecular complexity index is 639. The molecule has 5 heteroatoms. The molecule has 2 atom stereocenters. The molecule has 1 aliphatic rings. The van der Waals surface area contributed by atoms with E-state index >= 15 is 0 Å². The lowest BCUT2D eigenvalue weighted by molar-refractivity contribution is -0.133. The van der Waals surface area contributed by atoms with Gasteiger partial charge in [-0.3, -0.25) is 4.79 Å². The molecule has 3 rings (SSSR count). The van der Waals surface area contributed by atoms with Gasteiger partial charge in [0.25, 0.3) is 0 Å². The van der Waals surface area contributed by atoms with Crippen LogP contribution in [0, 0.1) is 0 Å². The summed E-state index contributed by atoms with van der Waals surface area (Å²) in [5.74, 6) is -0.0823. The molecule has 25 heavy (non-hydrogen) atoms. The van der Waals surface area contributed by atoms with Gasteiger partial charge < -0.3 is 15.8 Å². The van der Waals surface area contributed by atoms with E-state index in [1.165, 1.54) is 0 Å². The van der Waals surface area contributed by atoms with Gasteiger partial charge in [-0.2, -0.15) is 0 Å². The number of hydrogen-bond donors (Lipinski definition) is 2. The van der Waals surface area contributed by atoms with Crippen LogP contribution in [-0.4, -0.2) is 24.7 Å². The first kappa shape index (κ1) is 19.4. The Morgan fingerprint density at radius 2 is 1.60 bits per heavy atom. The summed E-state index contributed by atoms with van der Waals surface area (Å²) in [5.41, 5.74) is 7.12. The van der Waals surface area contributed by atoms with Crippen LogP contribution >= 0.6 is 12.4 Å². The molecule has 0 aliphatic carbocycles. The van der Waals surface area contributed by atoms with Crippen molar-refractivity contribution in [3.63, 3.8) is 0 Å². The number of carbonyl (C=O) groups is 1. The lowest BCUT2D eigenvalue weighted by atomic mass is 9.84. The van der Waals surface area contributed by atoms with Crippen LogP contribution in [-0.2, 0) is 15.1 Å². The topological polar surface area (TPSA) is 64.4 Å². The summed E-state index contributed by atoms with van der Waals surface area (Å²) in [5, 5.41) is 3.21. The van der Waals surface area contributed by atoms with Gasteiger partial charge in [0.15, 0.2) is 0 Å². The standard InChI is InChI=1S/C20H24N2O2.ClH/c1-20(15-8-4-2-5-9-15,16-10-6-3-7-11-16)22-19(23)18-13-12-17(14-21)24-18;/h2-11,17-18H,12-14,21H2,1H3,(H,22,23);1H/t17-,18+;/m1./s1. The molecule has 4 nitrogen and oxygen atoms in total. The van der Waals surface area contributed by atoms with Crippen LogP contribution < -0.4 is 11.1 Å². The van der Waals surface area contributed by atoms with Gasteiger partial charge in [0.2, 0.25) is 5.91 Å². The lowest BCUT2D eigenvalue weighted by Gasteiger charge is -2.33. The molecule has 0 bridgehead atoms. The van der Waals surface area contributed by atoms with Gasteiger partial charge >= 0.3 is 0 Å². The second-order valence-electron chi connectivity index (χ2n) is 6.41. The van der Waals surface area contributed by atoms with E-state index < -0.39 is 11.6 Å². The van der Waals surface area contributed by atoms with Crippen molar-refractivity contribution in [2.75, 3.05) is 6.54 Å². The zero-order valence-corrected chi connectivity index (χ0v) is 15.2. The molecule has 1 amide bonds. The van der Waals surface area contributed by atoms with Gasteiger partial charge in [-0.25, -0.2) is 0 Å². The smallest absolute Gasteiger partial charge is 0.250 e. The Labute approximate surface area is 155 Å². The minimum atomic E-state index is -0.607. The molecule has 1 fully saturated rings. The summed E-state index contributed by atoms with van der Waals surface area (Å²) in [6, 6.07) is 20.0. The van der Waals surface area contributed by atoms with E-state index in [-0.39, 0.29) is 24.4 Å². The molecule has 0 aromatic heterocycles. The number of halogens is 1. The Hall–Kier alpha value is -1.88. The van der Waals surface area contributed by atoms with E-state index in [9.17, 15) is 4.79 Å². The number of carbonyl (C=O) groups excluding carboxylic acids is 1. The summed E-state index contributed by atoms with van der Waals surface area (Å²) in [7, 11) is 0. The van der Waals surface area contributed by atoms with E-state index in [4.69, 9.17) is 10.5 Å². The minimum Gasteiger partial charge on any atom is -0.364 e. The Balaban J connectivity index is 0.00000225. The number of ether oxygens (including phenoxy) is 1. The van der Waals surface area contributed by atoms with Gasteiger partial charge in [0.05, 0.1) is 11.6 Å². The summed E-state index contributed by atoms with van der Waals surface area (Å²) in [6.07, 6.45) is 1.11. The van der Waals surface area contributed by atoms with Gasteiger partial charge in [-0.15, -0.1) is 12.4 Å². The fraction of sp³-hybridized carbons (Fsp3) is 0.350. The molecular formula is C20H25ClN2O2. The van der Waals surface area contributed by atoms with Crippen molar-refractivity contribution in [2.24, 2.45) is 5.73 Å². The molecule has 0 radical (unpaired) electrons. The minimum absolute atomic E-state index is 0. The fourth-order valence-electron chi connectivity index (χ4n) is 3.25. The van der Waals surface area contributed by atoms with Crippen LogP contribution in [0.15, 0.2) is 60.7 Å². The highest BCUT2D eigenvalue weighted by Crippen LogP contribution is 2.30. The molecule has 1 saturated heterocycles. The summed E-state index contributed by atoms with van der Waals surface area (Å²) < 4.78 is 5.75. The van der Waals surface area contributed by atoms with E-state index in [0.29, 0.717) is 13.0 Å². The van der Waals surface area contributed by atoms with Gasteiger partial charge in [-0.05, 0) is 30.9 Å². The van der Waals surface area contributed by atoms with Gasteiger partial charge in [0, 0.05) is 6.54 Å². The van der Waals surface area contributed by atoms with E-state index in [0.717, 1.165) is 17.5 Å². The first-order chi connectivity index (χ1) is 11.6. The summed E-state index contributed by atoms with van der Waals surface area (Å²) in [6.45, 7) is 2.49. The van der Waals surface area contributed by atoms with Crippen LogP contribution in [0.5, 0.6) is 0 Å². The zero-order valence-electron chi connectivity index (χ0n) is 14.4. The van der Waals surface area contributed by atoms with Crippen LogP contribution in [0.1, 0.15) is 30.9 Å². The lowest BCUT2D eigenvalue weighted by Crippen LogP contribution is -2.48. The number of hydrogen-bond acceptors (Lipinski definition) is 3. The number of nitrogens with one attached hydrogen (secondary N) is 1. The van der Waals surface area contributed by atoms with E-state index in [2.05, 4.69) is 5.32 Å². The maximum absolute atomic E-state index is 12.8. The third-order valence-electron chi connectivity index (χ3n) is 4.74. The molecule has 134 valence electrons. The summed E-state index contributed by atoms with van der Waals surface area (Å²) in [4.78, 5) is 12.8. The molecule has 1 heterocycles. The van der Waals surface area contributed by atoms with Gasteiger partial charge in [-0.1, -0.05) is 60.7 Å². The third kappa shape index (κ3) is 4.21. The average molecular weight is 361 g/mol. The second-order valence-corrected chi connectivity index (χ2v) is 6.41. The Kier molecular flexibility index (Phi) is 6.59. The van der Waals surface area contributed by atoms with Crippen molar-refractivity contribution in [3.8, 4) is 0 Å². The van der Waals surface area contributed by atoms with Crippen LogP contribution in [0.3, 0.4) is 0 Å². The molecule has 0 spiro atoms. The molecule has 3 N–H and O–H groups in total. The van der Waals surface area contributed by atoms with Crippen LogP contribution in [0.4, 0.5) is 0 Å². The third-order valence-corrected chi connectivity index (χ3v) is 4.74. The van der Waals surface area contributed by atoms with Crippen molar-refractivity contribution in [1.82, 2.24) is 5.32 Å². The van der Waals surface area contributed by atoms with E-state index in [1.807, 2.05) is 67.6 Å². The van der Waals surface area contributed by atoms with E-state index in [1.54, 1.807) is 0 Å². The average Bonchev–Trinajstić information content (AvgIpc) is 3.12. The molecule has 0 saturated carbocycles. The predicted octanol–water partition coefficient (Wildman–Crippen LogP) is 2.99. The zero-order chi connectivity index (χ0) is 17.0. The molecule has 0 unspecified atom stereocenters. The second kappa shape index (κ2) is 8.48. The maximum atomic E-state index is 12.8.